The number of carbonyl (C=O) groups excluding carboxylic acids is 2. The van der Waals surface area contributed by atoms with E-state index in [1.54, 1.807) is 11.9 Å². The molecule has 6 nitrogen and oxygen atoms in total. The average Bonchev–Trinajstić information content (AvgIpc) is 2.61. The van der Waals surface area contributed by atoms with Crippen LogP contribution in [0.25, 0.3) is 0 Å². The molecule has 114 valence electrons. The van der Waals surface area contributed by atoms with Crippen LogP contribution >= 0.6 is 0 Å². The van der Waals surface area contributed by atoms with Gasteiger partial charge in [-0.15, -0.1) is 0 Å². The Bertz CT molecular complexity index is 402. The molecule has 0 saturated carbocycles. The van der Waals surface area contributed by atoms with E-state index in [1.165, 1.54) is 4.90 Å². The topological polar surface area (TPSA) is 64.1 Å². The van der Waals surface area contributed by atoms with Crippen molar-refractivity contribution in [1.82, 2.24) is 14.7 Å². The molecule has 2 fully saturated rings. The van der Waals surface area contributed by atoms with Gasteiger partial charge in [0.25, 0.3) is 5.91 Å². The van der Waals surface area contributed by atoms with Gasteiger partial charge in [-0.05, 0) is 33.6 Å². The van der Waals surface area contributed by atoms with Gasteiger partial charge in [-0.3, -0.25) is 14.6 Å². The summed E-state index contributed by atoms with van der Waals surface area (Å²) >= 11 is 0. The molecule has 0 aromatic rings. The summed E-state index contributed by atoms with van der Waals surface area (Å²) in [6.07, 6.45) is 1.28. The molecule has 0 bridgehead atoms. The molecule has 2 aliphatic heterocycles. The van der Waals surface area contributed by atoms with Crippen molar-refractivity contribution in [2.75, 3.05) is 26.7 Å². The highest BCUT2D eigenvalue weighted by atomic mass is 16.3. The molecular formula is C14H25N3O3. The molecule has 0 aromatic carbocycles. The first-order valence-corrected chi connectivity index (χ1v) is 7.31. The van der Waals surface area contributed by atoms with Gasteiger partial charge in [0.2, 0.25) is 0 Å². The second-order valence-electron chi connectivity index (χ2n) is 6.21. The minimum Gasteiger partial charge on any atom is -0.395 e. The van der Waals surface area contributed by atoms with Gasteiger partial charge >= 0.3 is 6.03 Å². The van der Waals surface area contributed by atoms with E-state index >= 15 is 0 Å². The molecule has 0 radical (unpaired) electrons. The average molecular weight is 283 g/mol. The van der Waals surface area contributed by atoms with Crippen molar-refractivity contribution in [3.05, 3.63) is 0 Å². The molecule has 2 heterocycles. The fourth-order valence-electron chi connectivity index (χ4n) is 3.25. The Hall–Kier alpha value is -1.14. The standard InChI is InChI=1S/C14H25N3O3/c1-10(2)17-12(19)14(15(4)13(17)20)5-7-16(8-6-14)11(3)9-18/h10-11,18H,5-9H2,1-4H3. The maximum atomic E-state index is 12.7. The molecule has 6 heteroatoms. The quantitative estimate of drug-likeness (QED) is 0.766. The Morgan fingerprint density at radius 1 is 1.20 bits per heavy atom. The Morgan fingerprint density at radius 3 is 2.15 bits per heavy atom. The van der Waals surface area contributed by atoms with Gasteiger partial charge < -0.3 is 10.0 Å². The third-order valence-electron chi connectivity index (χ3n) is 4.78. The first-order valence-electron chi connectivity index (χ1n) is 7.31. The molecule has 1 spiro atoms. The van der Waals surface area contributed by atoms with Crippen LogP contribution in [0.3, 0.4) is 0 Å². The van der Waals surface area contributed by atoms with Gasteiger partial charge in [0, 0.05) is 32.2 Å². The van der Waals surface area contributed by atoms with E-state index in [-0.39, 0.29) is 30.6 Å². The summed E-state index contributed by atoms with van der Waals surface area (Å²) < 4.78 is 0. The van der Waals surface area contributed by atoms with Crippen LogP contribution in [0.2, 0.25) is 0 Å². The highest BCUT2D eigenvalue weighted by molar-refractivity contribution is 6.07. The fourth-order valence-corrected chi connectivity index (χ4v) is 3.25. The normalized spacial score (nSPS) is 25.1. The monoisotopic (exact) mass is 283 g/mol. The molecule has 0 aromatic heterocycles. The number of rotatable bonds is 3. The van der Waals surface area contributed by atoms with Gasteiger partial charge in [-0.2, -0.15) is 0 Å². The number of nitrogens with zero attached hydrogens (tertiary/aromatic N) is 3. The Balaban J connectivity index is 2.17. The number of imide groups is 1. The molecule has 3 amide bonds. The van der Waals surface area contributed by atoms with E-state index in [0.29, 0.717) is 12.8 Å². The number of aliphatic hydroxyl groups is 1. The maximum Gasteiger partial charge on any atom is 0.327 e. The molecular weight excluding hydrogens is 258 g/mol. The molecule has 1 atom stereocenters. The highest BCUT2D eigenvalue weighted by Crippen LogP contribution is 2.37. The molecule has 20 heavy (non-hydrogen) atoms. The van der Waals surface area contributed by atoms with E-state index in [1.807, 2.05) is 20.8 Å². The van der Waals surface area contributed by atoms with E-state index in [4.69, 9.17) is 0 Å². The van der Waals surface area contributed by atoms with Gasteiger partial charge in [-0.1, -0.05) is 0 Å². The lowest BCUT2D eigenvalue weighted by atomic mass is 9.85. The Labute approximate surface area is 120 Å². The van der Waals surface area contributed by atoms with Gasteiger partial charge in [0.05, 0.1) is 6.61 Å². The predicted molar refractivity (Wildman–Crippen MR) is 75.2 cm³/mol. The SMILES string of the molecule is CC(CO)N1CCC2(CC1)C(=O)N(C(C)C)C(=O)N2C. The summed E-state index contributed by atoms with van der Waals surface area (Å²) in [5.74, 6) is -0.0590. The van der Waals surface area contributed by atoms with Gasteiger partial charge in [0.15, 0.2) is 0 Å². The lowest BCUT2D eigenvalue weighted by molar-refractivity contribution is -0.136. The number of hydrogen-bond acceptors (Lipinski definition) is 4. The summed E-state index contributed by atoms with van der Waals surface area (Å²) in [7, 11) is 1.73. The molecule has 0 aliphatic carbocycles. The third-order valence-corrected chi connectivity index (χ3v) is 4.78. The van der Waals surface area contributed by atoms with Crippen LogP contribution in [0.4, 0.5) is 4.79 Å². The first kappa shape index (κ1) is 15.3. The zero-order chi connectivity index (χ0) is 15.1. The van der Waals surface area contributed by atoms with E-state index < -0.39 is 5.54 Å². The van der Waals surface area contributed by atoms with Crippen LogP contribution in [0.5, 0.6) is 0 Å². The number of likely N-dealkylation sites (tertiary alicyclic amines) is 1. The summed E-state index contributed by atoms with van der Waals surface area (Å²) in [6.45, 7) is 7.29. The van der Waals surface area contributed by atoms with Crippen LogP contribution in [0, 0.1) is 0 Å². The zero-order valence-electron chi connectivity index (χ0n) is 12.8. The highest BCUT2D eigenvalue weighted by Gasteiger charge is 2.57. The lowest BCUT2D eigenvalue weighted by Crippen LogP contribution is -2.57. The van der Waals surface area contributed by atoms with E-state index in [0.717, 1.165) is 13.1 Å². The first-order chi connectivity index (χ1) is 9.35. The zero-order valence-corrected chi connectivity index (χ0v) is 12.8. The van der Waals surface area contributed by atoms with E-state index in [9.17, 15) is 14.7 Å². The summed E-state index contributed by atoms with van der Waals surface area (Å²) in [6, 6.07) is -0.189. The van der Waals surface area contributed by atoms with Gasteiger partial charge in [-0.25, -0.2) is 4.79 Å². The minimum atomic E-state index is -0.674. The van der Waals surface area contributed by atoms with Crippen LogP contribution in [-0.2, 0) is 4.79 Å². The number of carbonyl (C=O) groups is 2. The van der Waals surface area contributed by atoms with Crippen LogP contribution in [-0.4, -0.2) is 76.1 Å². The number of amides is 3. The Morgan fingerprint density at radius 2 is 1.75 bits per heavy atom. The number of likely N-dealkylation sites (N-methyl/N-ethyl adjacent to an activating group) is 1. The second kappa shape index (κ2) is 5.33. The van der Waals surface area contributed by atoms with E-state index in [2.05, 4.69) is 4.90 Å². The predicted octanol–water partition coefficient (Wildman–Crippen LogP) is 0.504. The minimum absolute atomic E-state index is 0.0590. The summed E-state index contributed by atoms with van der Waals surface area (Å²) in [5, 5.41) is 9.22. The van der Waals surface area contributed by atoms with Crippen LogP contribution < -0.4 is 0 Å². The fraction of sp³-hybridized carbons (Fsp3) is 0.857. The van der Waals surface area contributed by atoms with Crippen LogP contribution in [0.15, 0.2) is 0 Å². The van der Waals surface area contributed by atoms with Crippen molar-refractivity contribution in [3.63, 3.8) is 0 Å². The smallest absolute Gasteiger partial charge is 0.327 e. The lowest BCUT2D eigenvalue weighted by Gasteiger charge is -2.42. The molecule has 1 unspecified atom stereocenters. The number of piperidine rings is 1. The van der Waals surface area contributed by atoms with Gasteiger partial charge in [0.1, 0.15) is 5.54 Å². The summed E-state index contributed by atoms with van der Waals surface area (Å²) in [4.78, 5) is 30.1. The largest absolute Gasteiger partial charge is 0.395 e. The number of aliphatic hydroxyl groups excluding tert-OH is 1. The Kier molecular flexibility index (Phi) is 4.07. The molecule has 1 N–H and O–H groups in total. The maximum absolute atomic E-state index is 12.7. The molecule has 2 aliphatic rings. The van der Waals surface area contributed by atoms with Crippen molar-refractivity contribution in [2.24, 2.45) is 0 Å². The molecule has 2 rings (SSSR count). The molecule has 2 saturated heterocycles. The van der Waals surface area contributed by atoms with Crippen molar-refractivity contribution in [1.29, 1.82) is 0 Å². The second-order valence-corrected chi connectivity index (χ2v) is 6.21. The van der Waals surface area contributed by atoms with Crippen LogP contribution in [0.1, 0.15) is 33.6 Å². The third kappa shape index (κ3) is 2.11. The number of urea groups is 1. The number of hydrogen-bond donors (Lipinski definition) is 1. The van der Waals surface area contributed by atoms with Crippen molar-refractivity contribution in [2.45, 2.75) is 51.2 Å². The van der Waals surface area contributed by atoms with Crippen molar-refractivity contribution >= 4 is 11.9 Å². The van der Waals surface area contributed by atoms with Crippen molar-refractivity contribution < 1.29 is 14.7 Å². The van der Waals surface area contributed by atoms with Crippen molar-refractivity contribution in [3.8, 4) is 0 Å². The summed E-state index contributed by atoms with van der Waals surface area (Å²) in [5.41, 5.74) is -0.674.